The minimum atomic E-state index is 0.365. The Labute approximate surface area is 117 Å². The molecule has 0 aliphatic rings. The van der Waals surface area contributed by atoms with Crippen molar-refractivity contribution in [2.45, 2.75) is 46.2 Å². The topological polar surface area (TPSA) is 47.3 Å². The van der Waals surface area contributed by atoms with Crippen LogP contribution in [0.1, 0.15) is 44.7 Å². The predicted octanol–water partition coefficient (Wildman–Crippen LogP) is 2.89. The fourth-order valence-corrected chi connectivity index (χ4v) is 2.19. The maximum atomic E-state index is 5.78. The van der Waals surface area contributed by atoms with Gasteiger partial charge in [-0.1, -0.05) is 39.8 Å². The zero-order valence-corrected chi connectivity index (χ0v) is 12.9. The Morgan fingerprint density at radius 2 is 1.89 bits per heavy atom. The highest BCUT2D eigenvalue weighted by molar-refractivity contribution is 5.39. The van der Waals surface area contributed by atoms with Crippen LogP contribution >= 0.6 is 0 Å². The molecule has 0 bridgehead atoms. The average Bonchev–Trinajstić information content (AvgIpc) is 2.38. The van der Waals surface area contributed by atoms with E-state index in [1.54, 1.807) is 7.11 Å². The first-order chi connectivity index (χ1) is 8.99. The molecule has 1 atom stereocenters. The van der Waals surface area contributed by atoms with Crippen LogP contribution in [0.4, 0.5) is 0 Å². The summed E-state index contributed by atoms with van der Waals surface area (Å²) in [6.45, 7) is 10.3. The van der Waals surface area contributed by atoms with Crippen molar-refractivity contribution in [3.63, 3.8) is 0 Å². The normalized spacial score (nSPS) is 13.1. The van der Waals surface area contributed by atoms with Gasteiger partial charge >= 0.3 is 0 Å². The van der Waals surface area contributed by atoms with E-state index in [2.05, 4.69) is 51.2 Å². The van der Waals surface area contributed by atoms with Crippen LogP contribution in [-0.2, 0) is 6.54 Å². The first-order valence-corrected chi connectivity index (χ1v) is 7.09. The Hall–Kier alpha value is -1.06. The second kappa shape index (κ2) is 7.51. The molecular formula is C16H28N2O. The molecule has 0 saturated carbocycles. The average molecular weight is 264 g/mol. The summed E-state index contributed by atoms with van der Waals surface area (Å²) < 4.78 is 5.41. The van der Waals surface area contributed by atoms with Gasteiger partial charge in [0.15, 0.2) is 0 Å². The van der Waals surface area contributed by atoms with Crippen LogP contribution in [0.3, 0.4) is 0 Å². The van der Waals surface area contributed by atoms with E-state index in [-0.39, 0.29) is 0 Å². The number of nitrogens with one attached hydrogen (secondary N) is 1. The summed E-state index contributed by atoms with van der Waals surface area (Å²) in [7, 11) is 1.72. The van der Waals surface area contributed by atoms with Crippen LogP contribution in [0.15, 0.2) is 18.2 Å². The fraction of sp³-hybridized carbons (Fsp3) is 0.625. The largest absolute Gasteiger partial charge is 0.496 e. The van der Waals surface area contributed by atoms with E-state index in [0.717, 1.165) is 12.3 Å². The highest BCUT2D eigenvalue weighted by Gasteiger charge is 2.12. The van der Waals surface area contributed by atoms with E-state index in [9.17, 15) is 0 Å². The summed E-state index contributed by atoms with van der Waals surface area (Å²) in [5, 5.41) is 3.52. The molecule has 0 saturated heterocycles. The summed E-state index contributed by atoms with van der Waals surface area (Å²) in [5.74, 6) is 1.98. The first kappa shape index (κ1) is 16.0. The SMILES string of the molecule is COc1ccc(CNC(CN)C(C)C)cc1C(C)C. The van der Waals surface area contributed by atoms with Crippen LogP contribution in [-0.4, -0.2) is 19.7 Å². The molecule has 3 heteroatoms. The number of hydrogen-bond donors (Lipinski definition) is 2. The lowest BCUT2D eigenvalue weighted by molar-refractivity contribution is 0.401. The minimum absolute atomic E-state index is 0.365. The summed E-state index contributed by atoms with van der Waals surface area (Å²) >= 11 is 0. The van der Waals surface area contributed by atoms with Crippen LogP contribution in [0, 0.1) is 5.92 Å². The third-order valence-electron chi connectivity index (χ3n) is 3.54. The summed E-state index contributed by atoms with van der Waals surface area (Å²) in [6.07, 6.45) is 0. The molecular weight excluding hydrogens is 236 g/mol. The van der Waals surface area contributed by atoms with Gasteiger partial charge in [-0.3, -0.25) is 0 Å². The number of nitrogens with two attached hydrogens (primary N) is 1. The van der Waals surface area contributed by atoms with Gasteiger partial charge in [-0.25, -0.2) is 0 Å². The number of rotatable bonds is 7. The predicted molar refractivity (Wildman–Crippen MR) is 81.6 cm³/mol. The van der Waals surface area contributed by atoms with E-state index in [4.69, 9.17) is 10.5 Å². The number of methoxy groups -OCH3 is 1. The zero-order valence-electron chi connectivity index (χ0n) is 12.9. The Balaban J connectivity index is 2.77. The number of hydrogen-bond acceptors (Lipinski definition) is 3. The molecule has 1 aromatic carbocycles. The van der Waals surface area contributed by atoms with Crippen molar-refractivity contribution in [2.75, 3.05) is 13.7 Å². The van der Waals surface area contributed by atoms with Gasteiger partial charge < -0.3 is 15.8 Å². The standard InChI is InChI=1S/C16H28N2O/c1-11(2)14-8-13(6-7-16(14)19-5)10-18-15(9-17)12(3)4/h6-8,11-12,15,18H,9-10,17H2,1-5H3. The first-order valence-electron chi connectivity index (χ1n) is 7.09. The molecule has 19 heavy (non-hydrogen) atoms. The number of benzene rings is 1. The van der Waals surface area contributed by atoms with Crippen molar-refractivity contribution in [1.82, 2.24) is 5.32 Å². The van der Waals surface area contributed by atoms with Crippen LogP contribution in [0.25, 0.3) is 0 Å². The molecule has 3 nitrogen and oxygen atoms in total. The highest BCUT2D eigenvalue weighted by atomic mass is 16.5. The molecule has 1 rings (SSSR count). The lowest BCUT2D eigenvalue weighted by atomic mass is 9.99. The molecule has 0 aromatic heterocycles. The summed E-state index contributed by atoms with van der Waals surface area (Å²) in [5.41, 5.74) is 8.32. The van der Waals surface area contributed by atoms with Crippen LogP contribution < -0.4 is 15.8 Å². The van der Waals surface area contributed by atoms with Crippen molar-refractivity contribution in [3.05, 3.63) is 29.3 Å². The fourth-order valence-electron chi connectivity index (χ4n) is 2.19. The molecule has 1 unspecified atom stereocenters. The Morgan fingerprint density at radius 1 is 1.21 bits per heavy atom. The highest BCUT2D eigenvalue weighted by Crippen LogP contribution is 2.27. The Kier molecular flexibility index (Phi) is 6.32. The maximum Gasteiger partial charge on any atom is 0.122 e. The van der Waals surface area contributed by atoms with Gasteiger partial charge in [0, 0.05) is 19.1 Å². The Bertz CT molecular complexity index is 388. The van der Waals surface area contributed by atoms with Gasteiger partial charge in [-0.05, 0) is 29.0 Å². The van der Waals surface area contributed by atoms with Gasteiger partial charge in [0.25, 0.3) is 0 Å². The lowest BCUT2D eigenvalue weighted by Gasteiger charge is -2.21. The van der Waals surface area contributed by atoms with Crippen molar-refractivity contribution in [1.29, 1.82) is 0 Å². The van der Waals surface area contributed by atoms with Crippen LogP contribution in [0.2, 0.25) is 0 Å². The molecule has 0 fully saturated rings. The van der Waals surface area contributed by atoms with Crippen molar-refractivity contribution in [2.24, 2.45) is 11.7 Å². The summed E-state index contributed by atoms with van der Waals surface area (Å²) in [6, 6.07) is 6.76. The molecule has 1 aromatic rings. The van der Waals surface area contributed by atoms with E-state index in [1.807, 2.05) is 0 Å². The second-order valence-electron chi connectivity index (χ2n) is 5.70. The van der Waals surface area contributed by atoms with Crippen molar-refractivity contribution >= 4 is 0 Å². The molecule has 108 valence electrons. The monoisotopic (exact) mass is 264 g/mol. The number of ether oxygens (including phenoxy) is 1. The van der Waals surface area contributed by atoms with E-state index < -0.39 is 0 Å². The third kappa shape index (κ3) is 4.51. The second-order valence-corrected chi connectivity index (χ2v) is 5.70. The molecule has 0 aliphatic heterocycles. The quantitative estimate of drug-likeness (QED) is 0.796. The molecule has 0 heterocycles. The van der Waals surface area contributed by atoms with Gasteiger partial charge in [0.1, 0.15) is 5.75 Å². The van der Waals surface area contributed by atoms with E-state index in [0.29, 0.717) is 24.4 Å². The molecule has 0 radical (unpaired) electrons. The van der Waals surface area contributed by atoms with Gasteiger partial charge in [0.2, 0.25) is 0 Å². The zero-order chi connectivity index (χ0) is 14.4. The third-order valence-corrected chi connectivity index (χ3v) is 3.54. The summed E-state index contributed by atoms with van der Waals surface area (Å²) in [4.78, 5) is 0. The molecule has 0 spiro atoms. The van der Waals surface area contributed by atoms with Crippen molar-refractivity contribution in [3.8, 4) is 5.75 Å². The van der Waals surface area contributed by atoms with Gasteiger partial charge in [0.05, 0.1) is 7.11 Å². The minimum Gasteiger partial charge on any atom is -0.496 e. The molecule has 0 aliphatic carbocycles. The molecule has 3 N–H and O–H groups in total. The smallest absolute Gasteiger partial charge is 0.122 e. The maximum absolute atomic E-state index is 5.78. The van der Waals surface area contributed by atoms with Crippen molar-refractivity contribution < 1.29 is 4.74 Å². The molecule has 0 amide bonds. The van der Waals surface area contributed by atoms with Crippen LogP contribution in [0.5, 0.6) is 5.75 Å². The van der Waals surface area contributed by atoms with E-state index in [1.165, 1.54) is 11.1 Å². The van der Waals surface area contributed by atoms with Gasteiger partial charge in [-0.2, -0.15) is 0 Å². The Morgan fingerprint density at radius 3 is 2.37 bits per heavy atom. The van der Waals surface area contributed by atoms with E-state index >= 15 is 0 Å². The lowest BCUT2D eigenvalue weighted by Crippen LogP contribution is -2.39. The van der Waals surface area contributed by atoms with Gasteiger partial charge in [-0.15, -0.1) is 0 Å².